The predicted molar refractivity (Wildman–Crippen MR) is 188 cm³/mol. The quantitative estimate of drug-likeness (QED) is 0.120. The van der Waals surface area contributed by atoms with Gasteiger partial charge in [-0.3, -0.25) is 0 Å². The van der Waals surface area contributed by atoms with Crippen LogP contribution in [0.5, 0.6) is 5.75 Å². The molecule has 1 aliphatic carbocycles. The number of benzene rings is 2. The summed E-state index contributed by atoms with van der Waals surface area (Å²) in [4.78, 5) is 25.3. The van der Waals surface area contributed by atoms with Crippen LogP contribution in [0.2, 0.25) is 0 Å². The highest BCUT2D eigenvalue weighted by molar-refractivity contribution is 5.99. The van der Waals surface area contributed by atoms with Gasteiger partial charge in [0.05, 0.1) is 17.9 Å². The van der Waals surface area contributed by atoms with E-state index in [2.05, 4.69) is 105 Å². The summed E-state index contributed by atoms with van der Waals surface area (Å²) in [5, 5.41) is 1.11. The van der Waals surface area contributed by atoms with Gasteiger partial charge in [0.25, 0.3) is 0 Å². The molecule has 0 amide bonds. The summed E-state index contributed by atoms with van der Waals surface area (Å²) in [6, 6.07) is 18.6. The van der Waals surface area contributed by atoms with E-state index in [4.69, 9.17) is 14.5 Å². The lowest BCUT2D eigenvalue weighted by atomic mass is 9.61. The Morgan fingerprint density at radius 1 is 0.978 bits per heavy atom. The number of pyridine rings is 1. The summed E-state index contributed by atoms with van der Waals surface area (Å²) in [5.41, 5.74) is 5.33. The third-order valence-corrected chi connectivity index (χ3v) is 10.0. The first-order chi connectivity index (χ1) is 22.4. The van der Waals surface area contributed by atoms with Crippen molar-refractivity contribution in [2.75, 3.05) is 24.6 Å². The number of anilines is 1. The lowest BCUT2D eigenvalue weighted by Gasteiger charge is -2.46. The van der Waals surface area contributed by atoms with Gasteiger partial charge in [-0.15, -0.1) is 0 Å². The van der Waals surface area contributed by atoms with E-state index in [1.165, 1.54) is 12.8 Å². The number of nitrogens with zero attached hydrogens (tertiary/aromatic N) is 2. The zero-order valence-electron chi connectivity index (χ0n) is 28.0. The van der Waals surface area contributed by atoms with Gasteiger partial charge in [-0.2, -0.15) is 0 Å². The topological polar surface area (TPSA) is 67.5 Å². The number of aromatic nitrogens is 2. The number of allylic oxidation sites excluding steroid dienone is 3. The fourth-order valence-electron chi connectivity index (χ4n) is 7.52. The molecule has 240 valence electrons. The maximum Gasteiger partial charge on any atom is 0.341 e. The molecule has 0 saturated carbocycles. The molecule has 6 nitrogen and oxygen atoms in total. The molecule has 1 aliphatic heterocycles. The number of rotatable bonds is 13. The van der Waals surface area contributed by atoms with Gasteiger partial charge in [-0.1, -0.05) is 75.6 Å². The molecule has 3 heterocycles. The molecule has 6 heteroatoms. The molecule has 1 N–H and O–H groups in total. The van der Waals surface area contributed by atoms with Gasteiger partial charge in [-0.25, -0.2) is 9.78 Å². The molecule has 2 aliphatic rings. The van der Waals surface area contributed by atoms with E-state index in [0.29, 0.717) is 24.3 Å². The molecule has 2 atom stereocenters. The van der Waals surface area contributed by atoms with Crippen molar-refractivity contribution in [1.29, 1.82) is 0 Å². The molecule has 2 aromatic heterocycles. The van der Waals surface area contributed by atoms with E-state index >= 15 is 0 Å². The highest BCUT2D eigenvalue weighted by Gasteiger charge is 2.61. The maximum absolute atomic E-state index is 14.0. The van der Waals surface area contributed by atoms with Crippen LogP contribution in [0.25, 0.3) is 22.2 Å². The number of unbranched alkanes of at least 4 members (excludes halogenated alkanes) is 3. The molecule has 2 unspecified atom stereocenters. The fraction of sp³-hybridized carbons (Fsp3) is 0.400. The number of ether oxygens (including phenoxy) is 2. The number of esters is 1. The Morgan fingerprint density at radius 3 is 2.54 bits per heavy atom. The van der Waals surface area contributed by atoms with Crippen molar-refractivity contribution in [3.8, 4) is 17.0 Å². The second kappa shape index (κ2) is 13.2. The number of hydrogen-bond donors (Lipinski definition) is 1. The minimum Gasteiger partial charge on any atom is -0.493 e. The first-order valence-corrected chi connectivity index (χ1v) is 17.1. The number of hydrogen-bond acceptors (Lipinski definition) is 5. The summed E-state index contributed by atoms with van der Waals surface area (Å²) in [7, 11) is 0. The third kappa shape index (κ3) is 5.22. The summed E-state index contributed by atoms with van der Waals surface area (Å²) in [6.45, 7) is 13.2. The molecule has 2 aromatic carbocycles. The van der Waals surface area contributed by atoms with Gasteiger partial charge in [-0.05, 0) is 70.4 Å². The standard InChI is InChI=1S/C40H47N3O3/c1-6-10-11-17-26-45-35-27-29(43(8-3)9-4)20-22-32(35)40(39(7-2)24-15-12-16-25-39)37-31(38(44)46-40)21-23-34(42-37)36-28(5)41-33-19-14-13-18-30(33)36/h12-16,18-24,27,41H,6-11,17,25-26H2,1-5H3. The molecule has 0 bridgehead atoms. The molecule has 6 rings (SSSR count). The average Bonchev–Trinajstić information content (AvgIpc) is 3.58. The van der Waals surface area contributed by atoms with Crippen LogP contribution in [0.1, 0.15) is 93.5 Å². The maximum atomic E-state index is 14.0. The van der Waals surface area contributed by atoms with Crippen LogP contribution in [-0.2, 0) is 10.3 Å². The number of aryl methyl sites for hydroxylation is 1. The summed E-state index contributed by atoms with van der Waals surface area (Å²) >= 11 is 0. The summed E-state index contributed by atoms with van der Waals surface area (Å²) < 4.78 is 13.5. The van der Waals surface area contributed by atoms with Crippen molar-refractivity contribution in [2.24, 2.45) is 5.41 Å². The largest absolute Gasteiger partial charge is 0.493 e. The summed E-state index contributed by atoms with van der Waals surface area (Å²) in [6.07, 6.45) is 14.5. The van der Waals surface area contributed by atoms with E-state index in [0.717, 1.165) is 77.2 Å². The van der Waals surface area contributed by atoms with Crippen molar-refractivity contribution in [3.05, 3.63) is 101 Å². The van der Waals surface area contributed by atoms with Crippen molar-refractivity contribution in [2.45, 2.75) is 78.7 Å². The number of aromatic amines is 1. The lowest BCUT2D eigenvalue weighted by molar-refractivity contribution is -0.0503. The van der Waals surface area contributed by atoms with Gasteiger partial charge in [0, 0.05) is 58.0 Å². The van der Waals surface area contributed by atoms with E-state index in [9.17, 15) is 4.79 Å². The van der Waals surface area contributed by atoms with E-state index < -0.39 is 11.0 Å². The predicted octanol–water partition coefficient (Wildman–Crippen LogP) is 9.67. The number of fused-ring (bicyclic) bond motifs is 2. The lowest BCUT2D eigenvalue weighted by Crippen LogP contribution is -2.47. The molecule has 0 saturated heterocycles. The van der Waals surface area contributed by atoms with Crippen LogP contribution in [-0.4, -0.2) is 35.6 Å². The number of carbonyl (C=O) groups is 1. The van der Waals surface area contributed by atoms with Crippen molar-refractivity contribution >= 4 is 22.6 Å². The number of cyclic esters (lactones) is 1. The molecular weight excluding hydrogens is 570 g/mol. The molecular formula is C40H47N3O3. The van der Waals surface area contributed by atoms with Gasteiger partial charge >= 0.3 is 5.97 Å². The number of H-pyrrole nitrogens is 1. The first-order valence-electron chi connectivity index (χ1n) is 17.1. The van der Waals surface area contributed by atoms with Crippen LogP contribution in [0, 0.1) is 12.3 Å². The fourth-order valence-corrected chi connectivity index (χ4v) is 7.52. The SMILES string of the molecule is CCCCCCOc1cc(N(CC)CC)ccc1C1(C2(CC)C=CC=CC2)OC(=O)c2ccc(-c3c(C)[nH]c4ccccc34)nc21. The Bertz CT molecular complexity index is 1780. The molecule has 4 aromatic rings. The second-order valence-corrected chi connectivity index (χ2v) is 12.6. The Labute approximate surface area is 273 Å². The minimum absolute atomic E-state index is 0.345. The van der Waals surface area contributed by atoms with Crippen molar-refractivity contribution < 1.29 is 14.3 Å². The van der Waals surface area contributed by atoms with Crippen LogP contribution in [0.3, 0.4) is 0 Å². The zero-order valence-corrected chi connectivity index (χ0v) is 28.0. The van der Waals surface area contributed by atoms with Gasteiger partial charge < -0.3 is 19.4 Å². The van der Waals surface area contributed by atoms with Gasteiger partial charge in [0.15, 0.2) is 5.60 Å². The Kier molecular flexibility index (Phi) is 9.08. The molecule has 0 radical (unpaired) electrons. The average molecular weight is 618 g/mol. The number of para-hydroxylation sites is 1. The van der Waals surface area contributed by atoms with E-state index in [-0.39, 0.29) is 5.97 Å². The van der Waals surface area contributed by atoms with Crippen molar-refractivity contribution in [3.63, 3.8) is 0 Å². The van der Waals surface area contributed by atoms with Crippen LogP contribution in [0.15, 0.2) is 78.9 Å². The first kappa shape index (κ1) is 31.7. The normalized spacial score (nSPS) is 20.2. The second-order valence-electron chi connectivity index (χ2n) is 12.6. The van der Waals surface area contributed by atoms with Crippen LogP contribution >= 0.6 is 0 Å². The Balaban J connectivity index is 1.60. The highest BCUT2D eigenvalue weighted by Crippen LogP contribution is 2.60. The monoisotopic (exact) mass is 617 g/mol. The van der Waals surface area contributed by atoms with Crippen LogP contribution in [0.4, 0.5) is 5.69 Å². The van der Waals surface area contributed by atoms with Gasteiger partial charge in [0.2, 0.25) is 0 Å². The molecule has 0 spiro atoms. The van der Waals surface area contributed by atoms with E-state index in [1.807, 2.05) is 18.2 Å². The zero-order chi connectivity index (χ0) is 32.3. The Hall–Kier alpha value is -4.32. The molecule has 0 fully saturated rings. The van der Waals surface area contributed by atoms with Gasteiger partial charge in [0.1, 0.15) is 11.4 Å². The minimum atomic E-state index is -1.19. The Morgan fingerprint density at radius 2 is 1.80 bits per heavy atom. The van der Waals surface area contributed by atoms with Crippen molar-refractivity contribution in [1.82, 2.24) is 9.97 Å². The van der Waals surface area contributed by atoms with E-state index in [1.54, 1.807) is 0 Å². The number of carbonyl (C=O) groups excluding carboxylic acids is 1. The third-order valence-electron chi connectivity index (χ3n) is 10.0. The smallest absolute Gasteiger partial charge is 0.341 e. The highest BCUT2D eigenvalue weighted by atomic mass is 16.6. The summed E-state index contributed by atoms with van der Waals surface area (Å²) in [5.74, 6) is 0.412. The molecule has 46 heavy (non-hydrogen) atoms. The van der Waals surface area contributed by atoms with Crippen LogP contribution < -0.4 is 9.64 Å². The number of nitrogens with one attached hydrogen (secondary N) is 1.